The molecule has 0 aliphatic carbocycles. The van der Waals surface area contributed by atoms with Crippen LogP contribution >= 0.6 is 0 Å². The van der Waals surface area contributed by atoms with Crippen molar-refractivity contribution < 1.29 is 4.70 Å². The lowest BCUT2D eigenvalue weighted by Crippen LogP contribution is -2.05. The van der Waals surface area contributed by atoms with Crippen LogP contribution in [0.1, 0.15) is 119 Å². The summed E-state index contributed by atoms with van der Waals surface area (Å²) >= 11 is 0. The summed E-state index contributed by atoms with van der Waals surface area (Å²) in [6, 6.07) is 13.9. The van der Waals surface area contributed by atoms with Crippen LogP contribution in [0.5, 0.6) is 0 Å². The van der Waals surface area contributed by atoms with Gasteiger partial charge in [-0.15, -0.1) is 0 Å². The molecule has 0 fully saturated rings. The molecule has 0 atom stereocenters. The first kappa shape index (κ1) is 27.1. The first-order chi connectivity index (χ1) is 17.0. The standard InChI is InChI=1S/C33H46N2/c1-6-10-14-26-19-27(15-11-7-2)22-30(21-26)32-18-25(5)33(35(32)34)31-23-28(16-12-8-3)20-29(24-31)17-13-9-4/h18-24H,6-17H2,1-5H3. The Hall–Kier alpha value is -2.48. The van der Waals surface area contributed by atoms with Crippen molar-refractivity contribution in [1.82, 2.24) is 0 Å². The van der Waals surface area contributed by atoms with Crippen molar-refractivity contribution in [2.24, 2.45) is 0 Å². The monoisotopic (exact) mass is 470 g/mol. The molecule has 0 saturated carbocycles. The van der Waals surface area contributed by atoms with Crippen molar-refractivity contribution in [3.8, 4) is 0 Å². The number of hydrogen-bond donors (Lipinski definition) is 0. The third kappa shape index (κ3) is 7.26. The molecule has 0 N–H and O–H groups in total. The van der Waals surface area contributed by atoms with Gasteiger partial charge in [0.05, 0.1) is 0 Å². The van der Waals surface area contributed by atoms with E-state index in [1.165, 1.54) is 78.3 Å². The summed E-state index contributed by atoms with van der Waals surface area (Å²) in [7, 11) is 0. The molecule has 188 valence electrons. The summed E-state index contributed by atoms with van der Waals surface area (Å²) < 4.78 is 1.46. The number of nitrogens with zero attached hydrogens (tertiary/aromatic N) is 2. The van der Waals surface area contributed by atoms with Crippen molar-refractivity contribution in [1.29, 1.82) is 0 Å². The lowest BCUT2D eigenvalue weighted by molar-refractivity contribution is -0.344. The Bertz CT molecular complexity index is 1020. The third-order valence-electron chi connectivity index (χ3n) is 7.12. The molecular weight excluding hydrogens is 424 g/mol. The van der Waals surface area contributed by atoms with Crippen molar-refractivity contribution in [2.75, 3.05) is 0 Å². The molecule has 0 spiro atoms. The molecule has 3 rings (SSSR count). The van der Waals surface area contributed by atoms with Crippen molar-refractivity contribution in [2.45, 2.75) is 112 Å². The number of unbranched alkanes of at least 4 members (excludes halogenated alkanes) is 4. The van der Waals surface area contributed by atoms with E-state index in [4.69, 9.17) is 0 Å². The number of hydrogen-bond acceptors (Lipinski definition) is 0. The van der Waals surface area contributed by atoms with Crippen molar-refractivity contribution in [3.05, 3.63) is 87.0 Å². The number of rotatable bonds is 14. The Morgan fingerprint density at radius 1 is 0.571 bits per heavy atom. The third-order valence-corrected chi connectivity index (χ3v) is 7.12. The molecule has 2 aromatic carbocycles. The maximum Gasteiger partial charge on any atom is 0.210 e. The molecule has 2 nitrogen and oxygen atoms in total. The topological polar surface area (TPSA) is 25.3 Å². The molecule has 1 aliphatic rings. The van der Waals surface area contributed by atoms with Gasteiger partial charge in [-0.2, -0.15) is 0 Å². The fourth-order valence-corrected chi connectivity index (χ4v) is 5.09. The van der Waals surface area contributed by atoms with Gasteiger partial charge in [0.25, 0.3) is 0 Å². The lowest BCUT2D eigenvalue weighted by atomic mass is 9.96. The van der Waals surface area contributed by atoms with E-state index in [0.717, 1.165) is 53.8 Å². The normalized spacial score (nSPS) is 13.6. The molecule has 2 heteroatoms. The average Bonchev–Trinajstić information content (AvgIpc) is 3.17. The van der Waals surface area contributed by atoms with Gasteiger partial charge in [-0.05, 0) is 105 Å². The molecule has 0 bridgehead atoms. The molecule has 0 unspecified atom stereocenters. The first-order valence-electron chi connectivity index (χ1n) is 14.2. The zero-order valence-corrected chi connectivity index (χ0v) is 22.9. The van der Waals surface area contributed by atoms with E-state index < -0.39 is 0 Å². The molecule has 2 aromatic rings. The van der Waals surface area contributed by atoms with Gasteiger partial charge >= 0.3 is 0 Å². The van der Waals surface area contributed by atoms with Crippen molar-refractivity contribution >= 4 is 11.4 Å². The Morgan fingerprint density at radius 3 is 1.31 bits per heavy atom. The Morgan fingerprint density at radius 2 is 0.943 bits per heavy atom. The SMILES string of the molecule is CCCCc1cc(CCCC)cc(C2=CC(C)=C(c3cc(CCCC)cc(CCCC)c3)[N+]2=[N-])c1. The maximum absolute atomic E-state index is 11.5. The van der Waals surface area contributed by atoms with Crippen LogP contribution in [-0.4, -0.2) is 4.70 Å². The fourth-order valence-electron chi connectivity index (χ4n) is 5.09. The van der Waals surface area contributed by atoms with Crippen LogP contribution in [0.25, 0.3) is 16.9 Å². The van der Waals surface area contributed by atoms with Gasteiger partial charge in [0.2, 0.25) is 11.4 Å². The van der Waals surface area contributed by atoms with Crippen LogP contribution in [-0.2, 0) is 25.7 Å². The summed E-state index contributed by atoms with van der Waals surface area (Å²) in [6.07, 6.45) is 16.2. The minimum atomic E-state index is 0.905. The maximum atomic E-state index is 11.5. The van der Waals surface area contributed by atoms with Crippen LogP contribution in [0.4, 0.5) is 0 Å². The highest BCUT2D eigenvalue weighted by atomic mass is 15.2. The molecule has 0 amide bonds. The lowest BCUT2D eigenvalue weighted by Gasteiger charge is -2.14. The fraction of sp³-hybridized carbons (Fsp3) is 0.515. The van der Waals surface area contributed by atoms with E-state index in [-0.39, 0.29) is 0 Å². The van der Waals surface area contributed by atoms with E-state index in [0.29, 0.717) is 0 Å². The van der Waals surface area contributed by atoms with Crippen LogP contribution in [0.15, 0.2) is 48.0 Å². The van der Waals surface area contributed by atoms with E-state index in [9.17, 15) is 5.53 Å². The molecule has 0 saturated heterocycles. The minimum absolute atomic E-state index is 0.905. The van der Waals surface area contributed by atoms with Crippen molar-refractivity contribution in [3.63, 3.8) is 0 Å². The zero-order chi connectivity index (χ0) is 25.2. The second-order valence-corrected chi connectivity index (χ2v) is 10.4. The van der Waals surface area contributed by atoms with Gasteiger partial charge in [0.1, 0.15) is 0 Å². The minimum Gasteiger partial charge on any atom is -0.493 e. The summed E-state index contributed by atoms with van der Waals surface area (Å²) in [5.74, 6) is 0. The van der Waals surface area contributed by atoms with Crippen LogP contribution in [0.2, 0.25) is 0 Å². The van der Waals surface area contributed by atoms with E-state index in [1.807, 2.05) is 0 Å². The van der Waals surface area contributed by atoms with Gasteiger partial charge in [0.15, 0.2) is 0 Å². The summed E-state index contributed by atoms with van der Waals surface area (Å²) in [5, 5.41) is 0. The smallest absolute Gasteiger partial charge is 0.210 e. The Labute approximate surface area is 214 Å². The Kier molecular flexibility index (Phi) is 10.5. The summed E-state index contributed by atoms with van der Waals surface area (Å²) in [4.78, 5) is 0. The number of aryl methyl sites for hydroxylation is 4. The predicted octanol–water partition coefficient (Wildman–Crippen LogP) is 9.88. The van der Waals surface area contributed by atoms with Crippen LogP contribution in [0.3, 0.4) is 0 Å². The molecular formula is C33H46N2. The zero-order valence-electron chi connectivity index (χ0n) is 22.9. The highest BCUT2D eigenvalue weighted by Gasteiger charge is 2.28. The predicted molar refractivity (Wildman–Crippen MR) is 152 cm³/mol. The van der Waals surface area contributed by atoms with Gasteiger partial charge in [-0.3, -0.25) is 0 Å². The molecule has 35 heavy (non-hydrogen) atoms. The average molecular weight is 471 g/mol. The van der Waals surface area contributed by atoms with Gasteiger partial charge in [0, 0.05) is 22.8 Å². The highest BCUT2D eigenvalue weighted by molar-refractivity contribution is 5.78. The molecule has 1 aliphatic heterocycles. The number of allylic oxidation sites excluding steroid dienone is 2. The van der Waals surface area contributed by atoms with Gasteiger partial charge in [-0.25, -0.2) is 4.70 Å². The Balaban J connectivity index is 1.95. The molecule has 1 heterocycles. The number of benzene rings is 2. The quantitative estimate of drug-likeness (QED) is 0.245. The van der Waals surface area contributed by atoms with Gasteiger partial charge < -0.3 is 5.53 Å². The van der Waals surface area contributed by atoms with E-state index in [2.05, 4.69) is 77.1 Å². The summed E-state index contributed by atoms with van der Waals surface area (Å²) in [5.41, 5.74) is 22.3. The largest absolute Gasteiger partial charge is 0.493 e. The van der Waals surface area contributed by atoms with E-state index >= 15 is 0 Å². The molecule has 0 aromatic heterocycles. The van der Waals surface area contributed by atoms with E-state index in [1.54, 1.807) is 0 Å². The second kappa shape index (κ2) is 13.6. The van der Waals surface area contributed by atoms with Gasteiger partial charge in [-0.1, -0.05) is 65.5 Å². The second-order valence-electron chi connectivity index (χ2n) is 10.4. The highest BCUT2D eigenvalue weighted by Crippen LogP contribution is 2.37. The van der Waals surface area contributed by atoms with Crippen LogP contribution < -0.4 is 0 Å². The first-order valence-corrected chi connectivity index (χ1v) is 14.2. The van der Waals surface area contributed by atoms with Crippen LogP contribution in [0, 0.1) is 0 Å². The molecule has 0 radical (unpaired) electrons. The summed E-state index contributed by atoms with van der Waals surface area (Å²) in [6.45, 7) is 11.1.